The Morgan fingerprint density at radius 2 is 1.05 bits per heavy atom. The number of ether oxygens (including phenoxy) is 4. The van der Waals surface area contributed by atoms with Crippen molar-refractivity contribution in [3.63, 3.8) is 0 Å². The number of rotatable bonds is 11. The monoisotopic (exact) mass is 494 g/mol. The van der Waals surface area contributed by atoms with Gasteiger partial charge in [0.15, 0.2) is 0 Å². The lowest BCUT2D eigenvalue weighted by atomic mass is 10.00. The van der Waals surface area contributed by atoms with Crippen LogP contribution in [0, 0.1) is 6.92 Å². The van der Waals surface area contributed by atoms with Crippen molar-refractivity contribution in [3.05, 3.63) is 143 Å². The maximum atomic E-state index is 6.65. The molecular formula is C33H34O4. The van der Waals surface area contributed by atoms with E-state index in [0.717, 1.165) is 22.3 Å². The second-order valence-corrected chi connectivity index (χ2v) is 9.53. The molecule has 4 aromatic carbocycles. The van der Waals surface area contributed by atoms with Crippen LogP contribution in [0.2, 0.25) is 0 Å². The Kier molecular flexibility index (Phi) is 8.78. The van der Waals surface area contributed by atoms with Gasteiger partial charge in [0, 0.05) is 0 Å². The average Bonchev–Trinajstić information content (AvgIpc) is 3.30. The standard InChI is InChI=1S/C33H34O4/c1-25-17-19-29(20-18-25)31-33(36-23-28-15-9-4-10-16-28)32(35-22-27-13-7-3-8-14-27)30(37-31)24-34-21-26-11-5-2-6-12-26/h2-20,30-33H,21-24H2,1H3/t30-,31+,32+,33+/m1/s1. The number of benzene rings is 4. The smallest absolute Gasteiger partial charge is 0.117 e. The number of hydrogen-bond donors (Lipinski definition) is 0. The van der Waals surface area contributed by atoms with Crippen LogP contribution in [0.4, 0.5) is 0 Å². The molecule has 0 unspecified atom stereocenters. The summed E-state index contributed by atoms with van der Waals surface area (Å²) in [5, 5.41) is 0. The van der Waals surface area contributed by atoms with Crippen molar-refractivity contribution in [1.82, 2.24) is 0 Å². The quantitative estimate of drug-likeness (QED) is 0.229. The van der Waals surface area contributed by atoms with Gasteiger partial charge in [-0.05, 0) is 29.2 Å². The van der Waals surface area contributed by atoms with E-state index in [9.17, 15) is 0 Å². The molecule has 0 radical (unpaired) electrons. The normalized spacial score (nSPS) is 21.2. The molecule has 1 saturated heterocycles. The van der Waals surface area contributed by atoms with Crippen molar-refractivity contribution in [2.45, 2.75) is 51.2 Å². The minimum absolute atomic E-state index is 0.254. The van der Waals surface area contributed by atoms with Gasteiger partial charge in [0.2, 0.25) is 0 Å². The third kappa shape index (κ3) is 6.94. The summed E-state index contributed by atoms with van der Waals surface area (Å²) in [5.41, 5.74) is 5.67. The van der Waals surface area contributed by atoms with Crippen LogP contribution in [0.25, 0.3) is 0 Å². The molecule has 4 nitrogen and oxygen atoms in total. The zero-order valence-corrected chi connectivity index (χ0v) is 21.2. The lowest BCUT2D eigenvalue weighted by Gasteiger charge is -2.25. The van der Waals surface area contributed by atoms with E-state index >= 15 is 0 Å². The molecule has 1 aliphatic rings. The Bertz CT molecular complexity index is 1200. The van der Waals surface area contributed by atoms with Crippen LogP contribution in [-0.4, -0.2) is 24.9 Å². The second kappa shape index (κ2) is 12.8. The highest BCUT2D eigenvalue weighted by Crippen LogP contribution is 2.38. The van der Waals surface area contributed by atoms with Gasteiger partial charge in [-0.2, -0.15) is 0 Å². The molecule has 1 aliphatic heterocycles. The highest BCUT2D eigenvalue weighted by atomic mass is 16.6. The maximum Gasteiger partial charge on any atom is 0.117 e. The van der Waals surface area contributed by atoms with Crippen molar-refractivity contribution in [1.29, 1.82) is 0 Å². The van der Waals surface area contributed by atoms with Crippen molar-refractivity contribution >= 4 is 0 Å². The molecule has 5 rings (SSSR count). The molecule has 0 aromatic heterocycles. The van der Waals surface area contributed by atoms with Gasteiger partial charge in [0.05, 0.1) is 26.4 Å². The van der Waals surface area contributed by atoms with E-state index in [1.165, 1.54) is 5.56 Å². The van der Waals surface area contributed by atoms with Gasteiger partial charge in [-0.25, -0.2) is 0 Å². The van der Waals surface area contributed by atoms with E-state index < -0.39 is 0 Å². The van der Waals surface area contributed by atoms with Crippen molar-refractivity contribution in [2.24, 2.45) is 0 Å². The van der Waals surface area contributed by atoms with Gasteiger partial charge in [-0.15, -0.1) is 0 Å². The van der Waals surface area contributed by atoms with Crippen LogP contribution >= 0.6 is 0 Å². The molecule has 0 saturated carbocycles. The van der Waals surface area contributed by atoms with Crippen LogP contribution < -0.4 is 0 Å². The first-order valence-corrected chi connectivity index (χ1v) is 12.9. The van der Waals surface area contributed by atoms with Gasteiger partial charge in [0.25, 0.3) is 0 Å². The summed E-state index contributed by atoms with van der Waals surface area (Å²) >= 11 is 0. The van der Waals surface area contributed by atoms with E-state index in [4.69, 9.17) is 18.9 Å². The highest BCUT2D eigenvalue weighted by molar-refractivity contribution is 5.26. The number of aryl methyl sites for hydroxylation is 1. The first kappa shape index (κ1) is 25.4. The minimum Gasteiger partial charge on any atom is -0.374 e. The zero-order chi connectivity index (χ0) is 25.3. The largest absolute Gasteiger partial charge is 0.374 e. The summed E-state index contributed by atoms with van der Waals surface area (Å²) < 4.78 is 25.9. The first-order chi connectivity index (χ1) is 18.3. The molecule has 4 aromatic rings. The highest BCUT2D eigenvalue weighted by Gasteiger charge is 2.47. The summed E-state index contributed by atoms with van der Waals surface area (Å²) in [6.45, 7) is 4.00. The lowest BCUT2D eigenvalue weighted by molar-refractivity contribution is -0.0898. The third-order valence-electron chi connectivity index (χ3n) is 6.68. The Labute approximate surface area is 219 Å². The summed E-state index contributed by atoms with van der Waals surface area (Å²) in [4.78, 5) is 0. The Hall–Kier alpha value is -3.28. The van der Waals surface area contributed by atoms with Crippen LogP contribution in [0.1, 0.15) is 33.9 Å². The molecule has 0 bridgehead atoms. The topological polar surface area (TPSA) is 36.9 Å². The van der Waals surface area contributed by atoms with Gasteiger partial charge in [-0.1, -0.05) is 121 Å². The fourth-order valence-corrected chi connectivity index (χ4v) is 4.67. The van der Waals surface area contributed by atoms with Gasteiger partial charge >= 0.3 is 0 Å². The van der Waals surface area contributed by atoms with Crippen molar-refractivity contribution in [3.8, 4) is 0 Å². The van der Waals surface area contributed by atoms with Gasteiger partial charge in [-0.3, -0.25) is 0 Å². The molecule has 4 heteroatoms. The molecule has 1 heterocycles. The van der Waals surface area contributed by atoms with Crippen molar-refractivity contribution in [2.75, 3.05) is 6.61 Å². The van der Waals surface area contributed by atoms with E-state index in [1.54, 1.807) is 0 Å². The first-order valence-electron chi connectivity index (χ1n) is 12.9. The summed E-state index contributed by atoms with van der Waals surface area (Å²) in [6.07, 6.45) is -1.09. The molecule has 37 heavy (non-hydrogen) atoms. The molecule has 0 amide bonds. The molecule has 4 atom stereocenters. The second-order valence-electron chi connectivity index (χ2n) is 9.53. The summed E-state index contributed by atoms with van der Waals surface area (Å²) in [6, 6.07) is 39.2. The van der Waals surface area contributed by atoms with Gasteiger partial charge in [0.1, 0.15) is 24.4 Å². The zero-order valence-electron chi connectivity index (χ0n) is 21.2. The summed E-state index contributed by atoms with van der Waals surface area (Å²) in [5.74, 6) is 0. The predicted molar refractivity (Wildman–Crippen MR) is 145 cm³/mol. The summed E-state index contributed by atoms with van der Waals surface area (Å²) in [7, 11) is 0. The Morgan fingerprint density at radius 1 is 0.568 bits per heavy atom. The molecule has 190 valence electrons. The van der Waals surface area contributed by atoms with Gasteiger partial charge < -0.3 is 18.9 Å². The fraction of sp³-hybridized carbons (Fsp3) is 0.273. The Balaban J connectivity index is 1.37. The molecule has 0 aliphatic carbocycles. The molecule has 1 fully saturated rings. The lowest BCUT2D eigenvalue weighted by Crippen LogP contribution is -2.37. The minimum atomic E-state index is -0.286. The maximum absolute atomic E-state index is 6.65. The van der Waals surface area contributed by atoms with Crippen LogP contribution in [0.3, 0.4) is 0 Å². The van der Waals surface area contributed by atoms with Crippen LogP contribution in [0.15, 0.2) is 115 Å². The van der Waals surface area contributed by atoms with Crippen LogP contribution in [-0.2, 0) is 38.8 Å². The SMILES string of the molecule is Cc1ccc([C@@H]2O[C@H](COCc3ccccc3)[C@H](OCc3ccccc3)[C@H]2OCc2ccccc2)cc1. The predicted octanol–water partition coefficient (Wildman–Crippen LogP) is 6.82. The number of hydrogen-bond acceptors (Lipinski definition) is 4. The molecule has 0 N–H and O–H groups in total. The van der Waals surface area contributed by atoms with E-state index in [2.05, 4.69) is 67.6 Å². The van der Waals surface area contributed by atoms with E-state index in [1.807, 2.05) is 54.6 Å². The van der Waals surface area contributed by atoms with E-state index in [-0.39, 0.29) is 24.4 Å². The van der Waals surface area contributed by atoms with Crippen molar-refractivity contribution < 1.29 is 18.9 Å². The van der Waals surface area contributed by atoms with Crippen LogP contribution in [0.5, 0.6) is 0 Å². The average molecular weight is 495 g/mol. The molecular weight excluding hydrogens is 460 g/mol. The third-order valence-corrected chi connectivity index (χ3v) is 6.68. The van der Waals surface area contributed by atoms with E-state index in [0.29, 0.717) is 26.4 Å². The Morgan fingerprint density at radius 3 is 1.59 bits per heavy atom. The fourth-order valence-electron chi connectivity index (χ4n) is 4.67. The molecule has 0 spiro atoms.